The molecular formula is C19H11F29O5Si. The predicted molar refractivity (Wildman–Crippen MR) is 106 cm³/mol. The van der Waals surface area contributed by atoms with Gasteiger partial charge in [0.2, 0.25) is 0 Å². The first kappa shape index (κ1) is 50.0. The molecule has 1 rings (SSSR count). The molecular weight excluding hydrogens is 887 g/mol. The zero-order valence-electron chi connectivity index (χ0n) is 24.1. The van der Waals surface area contributed by atoms with Gasteiger partial charge in [-0.3, -0.25) is 9.47 Å². The summed E-state index contributed by atoms with van der Waals surface area (Å²) in [5.74, 6) is -34.8. The molecule has 0 bridgehead atoms. The van der Waals surface area contributed by atoms with E-state index in [0.29, 0.717) is 0 Å². The lowest BCUT2D eigenvalue weighted by Gasteiger charge is -2.42. The average molecular weight is 898 g/mol. The van der Waals surface area contributed by atoms with E-state index < -0.39 is 126 Å². The fourth-order valence-corrected chi connectivity index (χ4v) is 6.23. The van der Waals surface area contributed by atoms with E-state index in [2.05, 4.69) is 22.8 Å². The first-order chi connectivity index (χ1) is 23.0. The monoisotopic (exact) mass is 898 g/mol. The quantitative estimate of drug-likeness (QED) is 0.121. The van der Waals surface area contributed by atoms with Crippen LogP contribution in [0, 0.1) is 0 Å². The third-order valence-corrected chi connectivity index (χ3v) is 8.40. The summed E-state index contributed by atoms with van der Waals surface area (Å²) in [6.45, 7) is 0. The fraction of sp³-hybridized carbons (Fsp3) is 1.00. The second-order valence-corrected chi connectivity index (χ2v) is 12.9. The molecule has 2 atom stereocenters. The molecule has 1 fully saturated rings. The smallest absolute Gasteiger partial charge is 0.308 e. The highest BCUT2D eigenvalue weighted by Crippen LogP contribution is 2.58. The van der Waals surface area contributed by atoms with Crippen LogP contribution in [0.4, 0.5) is 127 Å². The van der Waals surface area contributed by atoms with Gasteiger partial charge in [0.05, 0.1) is 0 Å². The van der Waals surface area contributed by atoms with Gasteiger partial charge in [-0.05, 0) is 0 Å². The summed E-state index contributed by atoms with van der Waals surface area (Å²) in [6, 6.07) is -4.04. The molecule has 0 aromatic carbocycles. The molecule has 0 radical (unpaired) electrons. The second kappa shape index (κ2) is 14.1. The Labute approximate surface area is 276 Å². The molecule has 2 unspecified atom stereocenters. The van der Waals surface area contributed by atoms with Crippen LogP contribution in [0.2, 0.25) is 6.04 Å². The van der Waals surface area contributed by atoms with Gasteiger partial charge in [-0.1, -0.05) is 0 Å². The van der Waals surface area contributed by atoms with E-state index in [1.807, 2.05) is 0 Å². The van der Waals surface area contributed by atoms with Gasteiger partial charge in [0.25, 0.3) is 12.2 Å². The van der Waals surface area contributed by atoms with Gasteiger partial charge < -0.3 is 13.3 Å². The minimum Gasteiger partial charge on any atom is -0.308 e. The molecule has 1 aliphatic rings. The third-order valence-electron chi connectivity index (χ3n) is 5.84. The molecule has 0 aromatic rings. The molecule has 0 N–H and O–H groups in total. The van der Waals surface area contributed by atoms with E-state index in [1.165, 1.54) is 0 Å². The number of hydrogen-bond donors (Lipinski definition) is 0. The van der Waals surface area contributed by atoms with Gasteiger partial charge in [0.1, 0.15) is 19.3 Å². The molecule has 1 aliphatic heterocycles. The van der Waals surface area contributed by atoms with Gasteiger partial charge in [-0.25, -0.2) is 8.78 Å². The number of ether oxygens (including phenoxy) is 2. The summed E-state index contributed by atoms with van der Waals surface area (Å²) in [5, 5.41) is 0. The lowest BCUT2D eigenvalue weighted by atomic mass is 10.2. The van der Waals surface area contributed by atoms with E-state index >= 15 is 4.39 Å². The third kappa shape index (κ3) is 11.3. The van der Waals surface area contributed by atoms with E-state index in [9.17, 15) is 123 Å². The minimum atomic E-state index is -9.44. The minimum absolute atomic E-state index is 2.38. The van der Waals surface area contributed by atoms with Crippen molar-refractivity contribution in [2.75, 3.05) is 0 Å². The van der Waals surface area contributed by atoms with Gasteiger partial charge in [0.15, 0.2) is 0 Å². The zero-order valence-corrected chi connectivity index (χ0v) is 25.1. The van der Waals surface area contributed by atoms with Crippen molar-refractivity contribution in [3.8, 4) is 0 Å². The molecule has 0 aromatic heterocycles. The topological polar surface area (TPSA) is 46.2 Å². The molecule has 1 heterocycles. The summed E-state index contributed by atoms with van der Waals surface area (Å²) >= 11 is 0. The highest BCUT2D eigenvalue weighted by molar-refractivity contribution is 6.61. The van der Waals surface area contributed by atoms with Crippen LogP contribution in [0.25, 0.3) is 0 Å². The molecule has 0 saturated carbocycles. The maximum atomic E-state index is 15.1. The van der Waals surface area contributed by atoms with Crippen LogP contribution in [-0.2, 0) is 22.8 Å². The second-order valence-electron chi connectivity index (χ2n) is 10.5. The van der Waals surface area contributed by atoms with Crippen LogP contribution in [-0.4, -0.2) is 93.8 Å². The first-order valence-electron chi connectivity index (χ1n) is 12.4. The van der Waals surface area contributed by atoms with Crippen LogP contribution >= 0.6 is 0 Å². The van der Waals surface area contributed by atoms with Crippen molar-refractivity contribution in [3.05, 3.63) is 0 Å². The number of halogens is 29. The zero-order chi connectivity index (χ0) is 43.6. The first-order valence-corrected chi connectivity index (χ1v) is 14.4. The standard InChI is InChI=1S/C19H11F29O5Si/c20-6-7(21,50-14(49-6,15(37,38)39)16(40,41)42)1-2-54(51-17(43,44)8(22,23)3-11(28,29)30,52-18(45,46)9(24,25)4-12(31,32)33)53-19(47,48)10(26,27)5-13(34,35)36/h6H,1-5H2. The lowest BCUT2D eigenvalue weighted by molar-refractivity contribution is -0.455. The van der Waals surface area contributed by atoms with Crippen LogP contribution in [0.1, 0.15) is 25.7 Å². The number of hydrogen-bond acceptors (Lipinski definition) is 5. The van der Waals surface area contributed by atoms with Crippen LogP contribution in [0.15, 0.2) is 0 Å². The Kier molecular flexibility index (Phi) is 13.1. The summed E-state index contributed by atoms with van der Waals surface area (Å²) < 4.78 is 404. The lowest BCUT2D eigenvalue weighted by Crippen LogP contribution is -2.65. The fourth-order valence-electron chi connectivity index (χ4n) is 3.53. The van der Waals surface area contributed by atoms with Gasteiger partial charge >= 0.3 is 81.6 Å². The van der Waals surface area contributed by atoms with E-state index in [0.717, 1.165) is 0 Å². The molecule has 0 spiro atoms. The predicted octanol–water partition coefficient (Wildman–Crippen LogP) is 10.7. The average Bonchev–Trinajstić information content (AvgIpc) is 3.09. The maximum Gasteiger partial charge on any atom is 0.514 e. The van der Waals surface area contributed by atoms with Crippen molar-refractivity contribution >= 4 is 8.80 Å². The van der Waals surface area contributed by atoms with Crippen molar-refractivity contribution in [1.82, 2.24) is 0 Å². The van der Waals surface area contributed by atoms with Crippen LogP contribution in [0.5, 0.6) is 0 Å². The summed E-state index contributed by atoms with van der Waals surface area (Å²) in [7, 11) is -9.44. The maximum absolute atomic E-state index is 15.1. The van der Waals surface area contributed by atoms with Gasteiger partial charge in [-0.2, -0.15) is 119 Å². The molecule has 0 amide bonds. The van der Waals surface area contributed by atoms with Crippen molar-refractivity contribution in [3.63, 3.8) is 0 Å². The van der Waals surface area contributed by atoms with Crippen molar-refractivity contribution in [2.45, 2.75) is 117 Å². The van der Waals surface area contributed by atoms with Crippen molar-refractivity contribution in [2.24, 2.45) is 0 Å². The molecule has 0 aliphatic carbocycles. The SMILES string of the molecule is FC1OC(C(F)(F)F)(C(F)(F)F)OC1(F)CC[Si](OC(F)(F)C(F)(F)CC(F)(F)F)(OC(F)(F)C(F)(F)CC(F)(F)F)OC(F)(F)C(F)(F)CC(F)(F)F. The van der Waals surface area contributed by atoms with Gasteiger partial charge in [-0.15, -0.1) is 0 Å². The van der Waals surface area contributed by atoms with Crippen LogP contribution in [0.3, 0.4) is 0 Å². The van der Waals surface area contributed by atoms with E-state index in [-0.39, 0.29) is 0 Å². The van der Waals surface area contributed by atoms with Crippen molar-refractivity contribution in [1.29, 1.82) is 0 Å². The molecule has 54 heavy (non-hydrogen) atoms. The summed E-state index contributed by atoms with van der Waals surface area (Å²) in [4.78, 5) is 0. The Hall–Kier alpha value is -2.01. The number of alkyl halides is 29. The number of rotatable bonds is 15. The van der Waals surface area contributed by atoms with Crippen molar-refractivity contribution < 1.29 is 150 Å². The Balaban J connectivity index is 4.25. The Morgan fingerprint density at radius 2 is 0.722 bits per heavy atom. The summed E-state index contributed by atoms with van der Waals surface area (Å²) in [6.07, 6.45) is -80.6. The van der Waals surface area contributed by atoms with Crippen LogP contribution < -0.4 is 0 Å². The highest BCUT2D eigenvalue weighted by atomic mass is 28.4. The van der Waals surface area contributed by atoms with E-state index in [4.69, 9.17) is 0 Å². The summed E-state index contributed by atoms with van der Waals surface area (Å²) in [5.41, 5.74) is 0. The molecule has 1 saturated heterocycles. The van der Waals surface area contributed by atoms with Gasteiger partial charge in [0, 0.05) is 12.5 Å². The Morgan fingerprint density at radius 1 is 0.463 bits per heavy atom. The van der Waals surface area contributed by atoms with E-state index in [1.54, 1.807) is 0 Å². The largest absolute Gasteiger partial charge is 0.514 e. The Bertz CT molecular complexity index is 1170. The Morgan fingerprint density at radius 3 is 0.926 bits per heavy atom. The normalized spacial score (nSPS) is 22.3. The molecule has 5 nitrogen and oxygen atoms in total. The highest BCUT2D eigenvalue weighted by Gasteiger charge is 2.83. The molecule has 35 heteroatoms. The molecule has 324 valence electrons.